The Kier molecular flexibility index (Phi) is 6.27. The van der Waals surface area contributed by atoms with E-state index in [1.807, 2.05) is 13.8 Å². The van der Waals surface area contributed by atoms with Crippen LogP contribution >= 0.6 is 11.6 Å². The van der Waals surface area contributed by atoms with Gasteiger partial charge >= 0.3 is 0 Å². The molecule has 0 amide bonds. The van der Waals surface area contributed by atoms with Gasteiger partial charge in [-0.2, -0.15) is 19.6 Å². The van der Waals surface area contributed by atoms with E-state index in [0.29, 0.717) is 12.2 Å². The third kappa shape index (κ3) is 4.39. The van der Waals surface area contributed by atoms with E-state index in [2.05, 4.69) is 53.0 Å². The molecule has 2 aromatic heterocycles. The van der Waals surface area contributed by atoms with Gasteiger partial charge in [-0.3, -0.25) is 0 Å². The zero-order chi connectivity index (χ0) is 22.1. The van der Waals surface area contributed by atoms with Crippen molar-refractivity contribution in [2.75, 3.05) is 5.32 Å². The fourth-order valence-corrected chi connectivity index (χ4v) is 3.03. The van der Waals surface area contributed by atoms with Gasteiger partial charge in [-0.15, -0.1) is 0 Å². The summed E-state index contributed by atoms with van der Waals surface area (Å²) >= 11 is 6.39. The van der Waals surface area contributed by atoms with Crippen LogP contribution < -0.4 is 5.32 Å². The number of nitrogens with one attached hydrogen (secondary N) is 1. The Labute approximate surface area is 179 Å². The summed E-state index contributed by atoms with van der Waals surface area (Å²) in [4.78, 5) is 8.22. The topological polar surface area (TPSA) is 55.1 Å². The second-order valence-corrected chi connectivity index (χ2v) is 8.55. The molecule has 0 bridgehead atoms. The van der Waals surface area contributed by atoms with Crippen molar-refractivity contribution in [3.8, 4) is 23.0 Å². The van der Waals surface area contributed by atoms with Gasteiger partial charge in [0.2, 0.25) is 0 Å². The van der Waals surface area contributed by atoms with Crippen LogP contribution in [-0.2, 0) is 0 Å². The molecule has 0 radical (unpaired) electrons. The number of rotatable bonds is 4. The quantitative estimate of drug-likeness (QED) is 0.424. The standard InChI is InChI=1S/C22H24ClF2N5/c1-6-7-8-9-14-10-15(24)17(16(25)11-14)18-19(23)29-21-26-12-27-30(21)20(18)28-13(2)22(3,4)5/h10-13,28H,6-7H2,1-5H3/t13-/m1/s1. The predicted octanol–water partition coefficient (Wildman–Crippen LogP) is 5.72. The minimum atomic E-state index is -0.773. The minimum absolute atomic E-state index is 0.0678. The fourth-order valence-electron chi connectivity index (χ4n) is 2.77. The molecule has 2 heterocycles. The van der Waals surface area contributed by atoms with Crippen molar-refractivity contribution in [2.24, 2.45) is 5.41 Å². The number of anilines is 1. The SMILES string of the molecule is CCCC#Cc1cc(F)c(-c2c(Cl)nc3ncnn3c2N[C@H](C)C(C)(C)C)c(F)c1. The van der Waals surface area contributed by atoms with Crippen LogP contribution in [0.5, 0.6) is 0 Å². The van der Waals surface area contributed by atoms with E-state index in [1.54, 1.807) is 0 Å². The summed E-state index contributed by atoms with van der Waals surface area (Å²) in [5, 5.41) is 7.40. The van der Waals surface area contributed by atoms with Crippen molar-refractivity contribution in [1.82, 2.24) is 19.6 Å². The smallest absolute Gasteiger partial charge is 0.255 e. The molecule has 158 valence electrons. The van der Waals surface area contributed by atoms with Crippen molar-refractivity contribution in [1.29, 1.82) is 0 Å². The van der Waals surface area contributed by atoms with Gasteiger partial charge in [-0.1, -0.05) is 51.1 Å². The molecular weight excluding hydrogens is 408 g/mol. The molecule has 8 heteroatoms. The highest BCUT2D eigenvalue weighted by Crippen LogP contribution is 2.39. The number of benzene rings is 1. The Morgan fingerprint density at radius 2 is 1.87 bits per heavy atom. The highest BCUT2D eigenvalue weighted by atomic mass is 35.5. The first kappa shape index (κ1) is 22.0. The third-order valence-electron chi connectivity index (χ3n) is 4.93. The molecule has 5 nitrogen and oxygen atoms in total. The maximum absolute atomic E-state index is 15.1. The average Bonchev–Trinajstić information content (AvgIpc) is 3.10. The number of fused-ring (bicyclic) bond motifs is 1. The molecule has 0 aliphatic heterocycles. The number of halogens is 3. The summed E-state index contributed by atoms with van der Waals surface area (Å²) in [6, 6.07) is 2.34. The zero-order valence-corrected chi connectivity index (χ0v) is 18.4. The molecule has 0 aliphatic carbocycles. The molecule has 3 rings (SSSR count). The first-order valence-corrected chi connectivity index (χ1v) is 10.1. The second-order valence-electron chi connectivity index (χ2n) is 8.20. The normalized spacial score (nSPS) is 12.5. The minimum Gasteiger partial charge on any atom is -0.366 e. The lowest BCUT2D eigenvalue weighted by atomic mass is 9.88. The Morgan fingerprint density at radius 1 is 1.20 bits per heavy atom. The number of aromatic nitrogens is 4. The number of hydrogen-bond donors (Lipinski definition) is 1. The van der Waals surface area contributed by atoms with Crippen LogP contribution in [0.1, 0.15) is 53.0 Å². The maximum Gasteiger partial charge on any atom is 0.255 e. The van der Waals surface area contributed by atoms with Crippen LogP contribution in [0.3, 0.4) is 0 Å². The van der Waals surface area contributed by atoms with Crippen LogP contribution in [0.4, 0.5) is 14.6 Å². The van der Waals surface area contributed by atoms with Crippen molar-refractivity contribution in [3.05, 3.63) is 40.8 Å². The summed E-state index contributed by atoms with van der Waals surface area (Å²) in [6.45, 7) is 10.1. The molecule has 0 saturated heterocycles. The molecule has 0 saturated carbocycles. The highest BCUT2D eigenvalue weighted by molar-refractivity contribution is 6.33. The summed E-state index contributed by atoms with van der Waals surface area (Å²) < 4.78 is 31.6. The van der Waals surface area contributed by atoms with E-state index < -0.39 is 11.6 Å². The van der Waals surface area contributed by atoms with Gasteiger partial charge in [0.1, 0.15) is 28.9 Å². The van der Waals surface area contributed by atoms with Gasteiger partial charge in [0.25, 0.3) is 5.78 Å². The van der Waals surface area contributed by atoms with Gasteiger partial charge in [-0.25, -0.2) is 8.78 Å². The largest absolute Gasteiger partial charge is 0.366 e. The van der Waals surface area contributed by atoms with E-state index in [0.717, 1.165) is 6.42 Å². The Bertz CT molecular complexity index is 1120. The predicted molar refractivity (Wildman–Crippen MR) is 115 cm³/mol. The maximum atomic E-state index is 15.1. The molecule has 0 aliphatic rings. The van der Waals surface area contributed by atoms with Gasteiger partial charge in [-0.05, 0) is 30.9 Å². The number of hydrogen-bond acceptors (Lipinski definition) is 4. The third-order valence-corrected chi connectivity index (χ3v) is 5.21. The Hall–Kier alpha value is -2.72. The van der Waals surface area contributed by atoms with Crippen molar-refractivity contribution < 1.29 is 8.78 Å². The van der Waals surface area contributed by atoms with E-state index in [1.165, 1.54) is 23.0 Å². The number of nitrogens with zero attached hydrogens (tertiary/aromatic N) is 4. The monoisotopic (exact) mass is 431 g/mol. The van der Waals surface area contributed by atoms with Crippen LogP contribution in [0.2, 0.25) is 5.15 Å². The first-order chi connectivity index (χ1) is 14.1. The molecule has 1 N–H and O–H groups in total. The molecule has 1 atom stereocenters. The summed E-state index contributed by atoms with van der Waals surface area (Å²) in [7, 11) is 0. The van der Waals surface area contributed by atoms with Crippen molar-refractivity contribution in [2.45, 2.75) is 53.5 Å². The lowest BCUT2D eigenvalue weighted by Crippen LogP contribution is -2.32. The summed E-state index contributed by atoms with van der Waals surface area (Å²) in [6.07, 6.45) is 2.84. The summed E-state index contributed by atoms with van der Waals surface area (Å²) in [5.74, 6) is 4.70. The summed E-state index contributed by atoms with van der Waals surface area (Å²) in [5.41, 5.74) is -0.0653. The van der Waals surface area contributed by atoms with Crippen molar-refractivity contribution >= 4 is 23.2 Å². The molecule has 0 unspecified atom stereocenters. The molecular formula is C22H24ClF2N5. The van der Waals surface area contributed by atoms with E-state index in [9.17, 15) is 0 Å². The molecule has 1 aromatic carbocycles. The second kappa shape index (κ2) is 8.57. The van der Waals surface area contributed by atoms with Crippen LogP contribution in [0.15, 0.2) is 18.5 Å². The zero-order valence-electron chi connectivity index (χ0n) is 17.6. The van der Waals surface area contributed by atoms with E-state index >= 15 is 8.78 Å². The van der Waals surface area contributed by atoms with Gasteiger partial charge in [0.05, 0.1) is 11.1 Å². The lowest BCUT2D eigenvalue weighted by Gasteiger charge is -2.30. The molecule has 0 spiro atoms. The van der Waals surface area contributed by atoms with Crippen LogP contribution in [0.25, 0.3) is 16.9 Å². The molecule has 0 fully saturated rings. The molecule has 3 aromatic rings. The van der Waals surface area contributed by atoms with Crippen molar-refractivity contribution in [3.63, 3.8) is 0 Å². The average molecular weight is 432 g/mol. The molecule has 30 heavy (non-hydrogen) atoms. The van der Waals surface area contributed by atoms with Crippen LogP contribution in [0, 0.1) is 28.9 Å². The fraction of sp³-hybridized carbons (Fsp3) is 0.409. The highest BCUT2D eigenvalue weighted by Gasteiger charge is 2.27. The first-order valence-electron chi connectivity index (χ1n) is 9.77. The van der Waals surface area contributed by atoms with E-state index in [4.69, 9.17) is 11.6 Å². The Morgan fingerprint density at radius 3 is 2.47 bits per heavy atom. The van der Waals surface area contributed by atoms with Gasteiger partial charge in [0, 0.05) is 18.0 Å². The van der Waals surface area contributed by atoms with Crippen LogP contribution in [-0.4, -0.2) is 25.6 Å². The number of unbranched alkanes of at least 4 members (excludes halogenated alkanes) is 1. The Balaban J connectivity index is 2.22. The van der Waals surface area contributed by atoms with E-state index in [-0.39, 0.29) is 39.1 Å². The van der Waals surface area contributed by atoms with Gasteiger partial charge in [0.15, 0.2) is 0 Å². The van der Waals surface area contributed by atoms with Gasteiger partial charge < -0.3 is 5.32 Å². The lowest BCUT2D eigenvalue weighted by molar-refractivity contribution is 0.358.